The number of aromatic nitrogens is 2. The molecule has 0 saturated carbocycles. The van der Waals surface area contributed by atoms with Gasteiger partial charge in [0.2, 0.25) is 0 Å². The number of halogens is 1. The number of nitrogens with zero attached hydrogens (tertiary/aromatic N) is 2. The predicted molar refractivity (Wildman–Crippen MR) is 60.8 cm³/mol. The number of rotatable bonds is 6. The van der Waals surface area contributed by atoms with Crippen LogP contribution in [-0.4, -0.2) is 27.0 Å². The van der Waals surface area contributed by atoms with E-state index >= 15 is 0 Å². The first-order valence-electron chi connectivity index (χ1n) is 5.17. The molecule has 1 unspecified atom stereocenters. The summed E-state index contributed by atoms with van der Waals surface area (Å²) in [6.45, 7) is 2.80. The van der Waals surface area contributed by atoms with Gasteiger partial charge in [-0.2, -0.15) is 5.10 Å². The number of aliphatic hydroxyl groups excluding tert-OH is 1. The highest BCUT2D eigenvalue weighted by Crippen LogP contribution is 2.14. The van der Waals surface area contributed by atoms with E-state index in [0.29, 0.717) is 5.02 Å². The Morgan fingerprint density at radius 2 is 2.40 bits per heavy atom. The molecule has 0 aliphatic carbocycles. The molecule has 1 heterocycles. The Morgan fingerprint density at radius 3 is 2.87 bits per heavy atom. The van der Waals surface area contributed by atoms with Crippen molar-refractivity contribution in [2.75, 3.05) is 6.61 Å². The highest BCUT2D eigenvalue weighted by atomic mass is 35.5. The van der Waals surface area contributed by atoms with Gasteiger partial charge in [-0.05, 0) is 19.3 Å². The highest BCUT2D eigenvalue weighted by Gasteiger charge is 2.20. The van der Waals surface area contributed by atoms with Gasteiger partial charge >= 0.3 is 0 Å². The lowest BCUT2D eigenvalue weighted by Gasteiger charge is -2.25. The quantitative estimate of drug-likeness (QED) is 0.778. The third kappa shape index (κ3) is 3.81. The Labute approximate surface area is 95.0 Å². The average molecular weight is 232 g/mol. The maximum Gasteiger partial charge on any atom is 0.0785 e. The summed E-state index contributed by atoms with van der Waals surface area (Å²) in [7, 11) is 0. The van der Waals surface area contributed by atoms with Crippen LogP contribution in [0, 0.1) is 0 Å². The van der Waals surface area contributed by atoms with E-state index in [1.807, 2.05) is 6.92 Å². The summed E-state index contributed by atoms with van der Waals surface area (Å²) in [5, 5.41) is 13.8. The zero-order valence-electron chi connectivity index (χ0n) is 8.99. The lowest BCUT2D eigenvalue weighted by molar-refractivity contribution is 0.178. The van der Waals surface area contributed by atoms with Crippen molar-refractivity contribution in [2.24, 2.45) is 5.73 Å². The number of hydrogen-bond donors (Lipinski definition) is 2. The monoisotopic (exact) mass is 231 g/mol. The SMILES string of the molecule is CCC(N)(CO)CCCn1cc(Cl)cn1. The first kappa shape index (κ1) is 12.5. The molecule has 0 bridgehead atoms. The third-order valence-corrected chi connectivity index (χ3v) is 2.88. The number of nitrogens with two attached hydrogens (primary N) is 1. The molecule has 0 amide bonds. The molecule has 1 atom stereocenters. The van der Waals surface area contributed by atoms with Crippen LogP contribution in [0.1, 0.15) is 26.2 Å². The molecule has 0 aromatic carbocycles. The molecule has 5 heteroatoms. The second-order valence-corrected chi connectivity index (χ2v) is 4.34. The molecule has 0 spiro atoms. The van der Waals surface area contributed by atoms with Gasteiger partial charge in [-0.25, -0.2) is 0 Å². The maximum atomic E-state index is 9.12. The third-order valence-electron chi connectivity index (χ3n) is 2.68. The van der Waals surface area contributed by atoms with Gasteiger partial charge in [0.05, 0.1) is 17.8 Å². The molecular formula is C10H18ClN3O. The van der Waals surface area contributed by atoms with Crippen molar-refractivity contribution in [3.8, 4) is 0 Å². The molecule has 1 aromatic heterocycles. The van der Waals surface area contributed by atoms with E-state index in [1.54, 1.807) is 17.1 Å². The molecule has 0 aliphatic rings. The molecule has 3 N–H and O–H groups in total. The standard InChI is InChI=1S/C10H18ClN3O/c1-2-10(12,8-15)4-3-5-14-7-9(11)6-13-14/h6-7,15H,2-5,8,12H2,1H3. The molecule has 1 aromatic rings. The van der Waals surface area contributed by atoms with Crippen LogP contribution in [0.25, 0.3) is 0 Å². The first-order chi connectivity index (χ1) is 7.09. The van der Waals surface area contributed by atoms with Gasteiger partial charge in [0.1, 0.15) is 0 Å². The van der Waals surface area contributed by atoms with E-state index in [-0.39, 0.29) is 6.61 Å². The van der Waals surface area contributed by atoms with Crippen molar-refractivity contribution < 1.29 is 5.11 Å². The second-order valence-electron chi connectivity index (χ2n) is 3.90. The van der Waals surface area contributed by atoms with Crippen LogP contribution in [0.5, 0.6) is 0 Å². The fourth-order valence-electron chi connectivity index (χ4n) is 1.42. The van der Waals surface area contributed by atoms with E-state index in [4.69, 9.17) is 22.4 Å². The molecule has 4 nitrogen and oxygen atoms in total. The van der Waals surface area contributed by atoms with Gasteiger partial charge in [-0.3, -0.25) is 4.68 Å². The number of aryl methyl sites for hydroxylation is 1. The van der Waals surface area contributed by atoms with Crippen molar-refractivity contribution in [3.63, 3.8) is 0 Å². The fraction of sp³-hybridized carbons (Fsp3) is 0.700. The van der Waals surface area contributed by atoms with Crippen LogP contribution in [0.4, 0.5) is 0 Å². The van der Waals surface area contributed by atoms with E-state index in [0.717, 1.165) is 25.8 Å². The summed E-state index contributed by atoms with van der Waals surface area (Å²) in [6.07, 6.45) is 5.86. The predicted octanol–water partition coefficient (Wildman–Crippen LogP) is 1.42. The van der Waals surface area contributed by atoms with E-state index in [2.05, 4.69) is 5.10 Å². The van der Waals surface area contributed by atoms with E-state index in [9.17, 15) is 0 Å². The summed E-state index contributed by atoms with van der Waals surface area (Å²) in [4.78, 5) is 0. The van der Waals surface area contributed by atoms with Crippen molar-refractivity contribution >= 4 is 11.6 Å². The minimum Gasteiger partial charge on any atom is -0.394 e. The summed E-state index contributed by atoms with van der Waals surface area (Å²) < 4.78 is 1.79. The molecule has 1 rings (SSSR count). The van der Waals surface area contributed by atoms with Crippen LogP contribution in [-0.2, 0) is 6.54 Å². The largest absolute Gasteiger partial charge is 0.394 e. The maximum absolute atomic E-state index is 9.12. The van der Waals surface area contributed by atoms with Crippen molar-refractivity contribution in [3.05, 3.63) is 17.4 Å². The summed E-state index contributed by atoms with van der Waals surface area (Å²) in [5.41, 5.74) is 5.51. The zero-order valence-corrected chi connectivity index (χ0v) is 9.74. The van der Waals surface area contributed by atoms with Crippen molar-refractivity contribution in [1.29, 1.82) is 0 Å². The molecule has 0 aliphatic heterocycles. The van der Waals surface area contributed by atoms with Gasteiger partial charge in [-0.1, -0.05) is 18.5 Å². The van der Waals surface area contributed by atoms with Crippen LogP contribution < -0.4 is 5.73 Å². The molecule has 0 fully saturated rings. The average Bonchev–Trinajstić information content (AvgIpc) is 2.64. The smallest absolute Gasteiger partial charge is 0.0785 e. The van der Waals surface area contributed by atoms with Crippen LogP contribution in [0.15, 0.2) is 12.4 Å². The van der Waals surface area contributed by atoms with Gasteiger partial charge in [0, 0.05) is 18.3 Å². The summed E-state index contributed by atoms with van der Waals surface area (Å²) >= 11 is 5.74. The van der Waals surface area contributed by atoms with Crippen LogP contribution in [0.3, 0.4) is 0 Å². The van der Waals surface area contributed by atoms with Crippen LogP contribution in [0.2, 0.25) is 5.02 Å². The van der Waals surface area contributed by atoms with Gasteiger partial charge in [0.15, 0.2) is 0 Å². The van der Waals surface area contributed by atoms with Gasteiger partial charge < -0.3 is 10.8 Å². The zero-order chi connectivity index (χ0) is 11.3. The summed E-state index contributed by atoms with van der Waals surface area (Å²) in [5.74, 6) is 0. The molecule has 0 saturated heterocycles. The Balaban J connectivity index is 2.32. The lowest BCUT2D eigenvalue weighted by atomic mass is 9.93. The normalized spacial score (nSPS) is 15.2. The fourth-order valence-corrected chi connectivity index (χ4v) is 1.58. The molecule has 0 radical (unpaired) electrons. The van der Waals surface area contributed by atoms with E-state index < -0.39 is 5.54 Å². The highest BCUT2D eigenvalue weighted by molar-refractivity contribution is 6.30. The second kappa shape index (κ2) is 5.49. The Morgan fingerprint density at radius 1 is 1.67 bits per heavy atom. The topological polar surface area (TPSA) is 64.1 Å². The number of hydrogen-bond acceptors (Lipinski definition) is 3. The van der Waals surface area contributed by atoms with Crippen molar-refractivity contribution in [2.45, 2.75) is 38.3 Å². The molecule has 15 heavy (non-hydrogen) atoms. The van der Waals surface area contributed by atoms with Crippen LogP contribution >= 0.6 is 11.6 Å². The van der Waals surface area contributed by atoms with E-state index in [1.165, 1.54) is 0 Å². The Hall–Kier alpha value is -0.580. The molecular weight excluding hydrogens is 214 g/mol. The van der Waals surface area contributed by atoms with Gasteiger partial charge in [0.25, 0.3) is 0 Å². The minimum absolute atomic E-state index is 0.0311. The van der Waals surface area contributed by atoms with Crippen molar-refractivity contribution in [1.82, 2.24) is 9.78 Å². The first-order valence-corrected chi connectivity index (χ1v) is 5.55. The minimum atomic E-state index is -0.447. The Bertz CT molecular complexity index is 297. The Kier molecular flexibility index (Phi) is 4.57. The summed E-state index contributed by atoms with van der Waals surface area (Å²) in [6, 6.07) is 0. The lowest BCUT2D eigenvalue weighted by Crippen LogP contribution is -2.43. The molecule has 86 valence electrons. The van der Waals surface area contributed by atoms with Gasteiger partial charge in [-0.15, -0.1) is 0 Å². The number of aliphatic hydroxyl groups is 1.